The van der Waals surface area contributed by atoms with Gasteiger partial charge in [0.25, 0.3) is 0 Å². The fourth-order valence-electron chi connectivity index (χ4n) is 2.89. The molecule has 0 spiro atoms. The number of aliphatic hydroxyl groups excluding tert-OH is 2. The molecule has 2 atom stereocenters. The molecule has 0 aliphatic carbocycles. The van der Waals surface area contributed by atoms with Crippen molar-refractivity contribution in [3.05, 3.63) is 89.0 Å². The number of nitrogens with one attached hydrogen (secondary N) is 1. The summed E-state index contributed by atoms with van der Waals surface area (Å²) in [6.07, 6.45) is 1.85. The first-order chi connectivity index (χ1) is 13.1. The molecule has 0 fully saturated rings. The molecule has 3 rings (SSSR count). The molecule has 3 N–H and O–H groups in total. The van der Waals surface area contributed by atoms with E-state index >= 15 is 0 Å². The van der Waals surface area contributed by atoms with E-state index in [0.29, 0.717) is 5.02 Å². The second-order valence-electron chi connectivity index (χ2n) is 6.20. The lowest BCUT2D eigenvalue weighted by Crippen LogP contribution is -2.37. The molecular weight excluding hydrogens is 362 g/mol. The number of amides is 1. The topological polar surface area (TPSA) is 69.6 Å². The van der Waals surface area contributed by atoms with E-state index in [1.807, 2.05) is 54.6 Å². The van der Waals surface area contributed by atoms with Gasteiger partial charge in [0.2, 0.25) is 5.91 Å². The Bertz CT molecular complexity index is 970. The first-order valence-corrected chi connectivity index (χ1v) is 8.97. The molecule has 0 aromatic heterocycles. The van der Waals surface area contributed by atoms with Gasteiger partial charge in [0.1, 0.15) is 6.10 Å². The van der Waals surface area contributed by atoms with Crippen LogP contribution in [0, 0.1) is 0 Å². The van der Waals surface area contributed by atoms with Crippen molar-refractivity contribution in [3.63, 3.8) is 0 Å². The lowest BCUT2D eigenvalue weighted by molar-refractivity contribution is -0.118. The van der Waals surface area contributed by atoms with E-state index in [1.54, 1.807) is 18.2 Å². The van der Waals surface area contributed by atoms with Crippen LogP contribution in [0.1, 0.15) is 17.2 Å². The van der Waals surface area contributed by atoms with Gasteiger partial charge in [0.05, 0.1) is 12.6 Å². The van der Waals surface area contributed by atoms with Crippen LogP contribution < -0.4 is 5.32 Å². The van der Waals surface area contributed by atoms with Gasteiger partial charge in [-0.05, 0) is 40.1 Å². The summed E-state index contributed by atoms with van der Waals surface area (Å²) in [7, 11) is 0. The summed E-state index contributed by atoms with van der Waals surface area (Å²) < 4.78 is 0. The summed E-state index contributed by atoms with van der Waals surface area (Å²) >= 11 is 6.08. The molecule has 0 radical (unpaired) electrons. The Hall–Kier alpha value is -2.66. The van der Waals surface area contributed by atoms with Gasteiger partial charge in [-0.3, -0.25) is 4.79 Å². The van der Waals surface area contributed by atoms with E-state index in [4.69, 9.17) is 11.6 Å². The van der Waals surface area contributed by atoms with Crippen molar-refractivity contribution >= 4 is 34.4 Å². The summed E-state index contributed by atoms with van der Waals surface area (Å²) in [6, 6.07) is 19.9. The van der Waals surface area contributed by atoms with Crippen LogP contribution in [0.2, 0.25) is 5.02 Å². The summed E-state index contributed by atoms with van der Waals surface area (Å²) in [5.74, 6) is -0.388. The van der Waals surface area contributed by atoms with Crippen molar-refractivity contribution in [3.8, 4) is 0 Å². The zero-order valence-corrected chi connectivity index (χ0v) is 15.3. The maximum absolute atomic E-state index is 12.4. The average Bonchev–Trinajstić information content (AvgIpc) is 2.70. The van der Waals surface area contributed by atoms with Crippen molar-refractivity contribution in [2.45, 2.75) is 12.1 Å². The Morgan fingerprint density at radius 1 is 1.04 bits per heavy atom. The van der Waals surface area contributed by atoms with Crippen LogP contribution in [-0.2, 0) is 4.79 Å². The zero-order chi connectivity index (χ0) is 19.2. The third-order valence-electron chi connectivity index (χ3n) is 4.32. The van der Waals surface area contributed by atoms with E-state index in [0.717, 1.165) is 21.9 Å². The van der Waals surface area contributed by atoms with Gasteiger partial charge in [-0.1, -0.05) is 66.2 Å². The van der Waals surface area contributed by atoms with Crippen LogP contribution in [0.4, 0.5) is 0 Å². The molecule has 3 aromatic carbocycles. The maximum Gasteiger partial charge on any atom is 0.244 e. The van der Waals surface area contributed by atoms with Gasteiger partial charge in [-0.15, -0.1) is 0 Å². The summed E-state index contributed by atoms with van der Waals surface area (Å²) in [6.45, 7) is -0.466. The van der Waals surface area contributed by atoms with Crippen LogP contribution in [0.3, 0.4) is 0 Å². The average molecular weight is 382 g/mol. The highest BCUT2D eigenvalue weighted by molar-refractivity contribution is 6.32. The first-order valence-electron chi connectivity index (χ1n) is 8.59. The number of hydrogen-bond acceptors (Lipinski definition) is 3. The lowest BCUT2D eigenvalue weighted by atomic mass is 9.98. The molecule has 138 valence electrons. The predicted octanol–water partition coefficient (Wildman–Crippen LogP) is 3.72. The highest BCUT2D eigenvalue weighted by atomic mass is 35.5. The Morgan fingerprint density at radius 2 is 1.74 bits per heavy atom. The molecular formula is C22H20ClNO3. The van der Waals surface area contributed by atoms with E-state index in [2.05, 4.69) is 5.32 Å². The molecule has 0 saturated carbocycles. The quantitative estimate of drug-likeness (QED) is 0.570. The van der Waals surface area contributed by atoms with Crippen molar-refractivity contribution in [2.75, 3.05) is 6.61 Å². The molecule has 0 aliphatic rings. The van der Waals surface area contributed by atoms with Gasteiger partial charge >= 0.3 is 0 Å². The number of fused-ring (bicyclic) bond motifs is 1. The van der Waals surface area contributed by atoms with Gasteiger partial charge < -0.3 is 15.5 Å². The molecule has 0 saturated heterocycles. The number of carbonyl (C=O) groups excluding carboxylic acids is 1. The normalized spacial score (nSPS) is 13.6. The third-order valence-corrected chi connectivity index (χ3v) is 4.67. The number of halogens is 1. The van der Waals surface area contributed by atoms with E-state index in [1.165, 1.54) is 6.08 Å². The summed E-state index contributed by atoms with van der Waals surface area (Å²) in [5.41, 5.74) is 1.44. The van der Waals surface area contributed by atoms with E-state index < -0.39 is 18.8 Å². The van der Waals surface area contributed by atoms with Gasteiger partial charge in [0, 0.05) is 11.1 Å². The minimum absolute atomic E-state index is 0.388. The third kappa shape index (κ3) is 4.74. The Kier molecular flexibility index (Phi) is 6.24. The zero-order valence-electron chi connectivity index (χ0n) is 14.5. The maximum atomic E-state index is 12.4. The van der Waals surface area contributed by atoms with Gasteiger partial charge in [0.15, 0.2) is 0 Å². The highest BCUT2D eigenvalue weighted by Gasteiger charge is 2.22. The van der Waals surface area contributed by atoms with Crippen LogP contribution in [0.5, 0.6) is 0 Å². The Balaban J connectivity index is 1.82. The molecule has 5 heteroatoms. The fourth-order valence-corrected chi connectivity index (χ4v) is 3.08. The molecule has 2 unspecified atom stereocenters. The predicted molar refractivity (Wildman–Crippen MR) is 108 cm³/mol. The van der Waals surface area contributed by atoms with E-state index in [-0.39, 0.29) is 5.91 Å². The molecule has 0 aliphatic heterocycles. The summed E-state index contributed by atoms with van der Waals surface area (Å²) in [4.78, 5) is 12.4. The Morgan fingerprint density at radius 3 is 2.48 bits per heavy atom. The number of aliphatic hydroxyl groups is 2. The molecule has 1 amide bonds. The minimum Gasteiger partial charge on any atom is -0.394 e. The standard InChI is InChI=1S/C22H20ClNO3/c23-19-8-4-3-6-16(19)11-12-21(27)24-22(20(26)14-25)18-10-9-15-5-1-2-7-17(15)13-18/h1-13,20,22,25-26H,14H2,(H,24,27)/b12-11+. The first kappa shape index (κ1) is 19.1. The number of carbonyl (C=O) groups is 1. The van der Waals surface area contributed by atoms with Crippen LogP contribution in [0.25, 0.3) is 16.8 Å². The summed E-state index contributed by atoms with van der Waals surface area (Å²) in [5, 5.41) is 25.0. The molecule has 0 heterocycles. The molecule has 3 aromatic rings. The smallest absolute Gasteiger partial charge is 0.244 e. The van der Waals surface area contributed by atoms with Crippen LogP contribution in [-0.4, -0.2) is 28.8 Å². The van der Waals surface area contributed by atoms with Gasteiger partial charge in [-0.2, -0.15) is 0 Å². The number of benzene rings is 3. The minimum atomic E-state index is -1.12. The molecule has 4 nitrogen and oxygen atoms in total. The van der Waals surface area contributed by atoms with Crippen molar-refractivity contribution in [1.82, 2.24) is 5.32 Å². The lowest BCUT2D eigenvalue weighted by Gasteiger charge is -2.23. The largest absolute Gasteiger partial charge is 0.394 e. The van der Waals surface area contributed by atoms with Crippen molar-refractivity contribution in [2.24, 2.45) is 0 Å². The van der Waals surface area contributed by atoms with E-state index in [9.17, 15) is 15.0 Å². The second kappa shape index (κ2) is 8.82. The monoisotopic (exact) mass is 381 g/mol. The number of hydrogen-bond donors (Lipinski definition) is 3. The molecule has 0 bridgehead atoms. The van der Waals surface area contributed by atoms with Gasteiger partial charge in [-0.25, -0.2) is 0 Å². The van der Waals surface area contributed by atoms with Crippen molar-refractivity contribution < 1.29 is 15.0 Å². The second-order valence-corrected chi connectivity index (χ2v) is 6.60. The fraction of sp³-hybridized carbons (Fsp3) is 0.136. The number of rotatable bonds is 6. The highest BCUT2D eigenvalue weighted by Crippen LogP contribution is 2.23. The Labute approximate surface area is 162 Å². The van der Waals surface area contributed by atoms with Crippen molar-refractivity contribution in [1.29, 1.82) is 0 Å². The SMILES string of the molecule is O=C(/C=C/c1ccccc1Cl)NC(c1ccc2ccccc2c1)C(O)CO. The molecule has 27 heavy (non-hydrogen) atoms. The van der Waals surface area contributed by atoms with Crippen LogP contribution in [0.15, 0.2) is 72.8 Å². The van der Waals surface area contributed by atoms with Crippen LogP contribution >= 0.6 is 11.6 Å².